The lowest BCUT2D eigenvalue weighted by Gasteiger charge is -2.62. The molecule has 0 spiro atoms. The van der Waals surface area contributed by atoms with Crippen LogP contribution in [0.5, 0.6) is 0 Å². The lowest BCUT2D eigenvalue weighted by atomic mass is 9.44. The molecule has 0 aromatic carbocycles. The Morgan fingerprint density at radius 3 is 2.37 bits per heavy atom. The Kier molecular flexibility index (Phi) is 5.52. The second kappa shape index (κ2) is 7.38. The van der Waals surface area contributed by atoms with Gasteiger partial charge in [0.05, 0.1) is 6.61 Å². The van der Waals surface area contributed by atoms with Gasteiger partial charge in [0.25, 0.3) is 0 Å². The molecule has 4 rings (SSSR count). The highest BCUT2D eigenvalue weighted by atomic mass is 19.4. The maximum absolute atomic E-state index is 13.5. The molecule has 8 atom stereocenters. The van der Waals surface area contributed by atoms with Crippen LogP contribution in [0.3, 0.4) is 0 Å². The van der Waals surface area contributed by atoms with Crippen LogP contribution in [0.25, 0.3) is 0 Å². The molecule has 0 heterocycles. The molecule has 3 nitrogen and oxygen atoms in total. The molecule has 0 unspecified atom stereocenters. The standard InChI is InChI=1S/C24H37F3O3/c1-4-30-20(28)13-15-6-8-18-17-7-5-16-14-23(29,24(25,26)27)12-11-22(16,3)19(17)9-10-21(15,18)2/h15-19,29H,4-14H2,1-3H3/t15-,16-,17+,18+,19+,21-,22+,23-/m1/s1. The number of hydrogen-bond donors (Lipinski definition) is 1. The summed E-state index contributed by atoms with van der Waals surface area (Å²) in [6.45, 7) is 6.81. The monoisotopic (exact) mass is 430 g/mol. The number of hydrogen-bond acceptors (Lipinski definition) is 3. The second-order valence-corrected chi connectivity index (χ2v) is 11.2. The van der Waals surface area contributed by atoms with Crippen LogP contribution in [-0.2, 0) is 9.53 Å². The van der Waals surface area contributed by atoms with Crippen molar-refractivity contribution < 1.29 is 27.8 Å². The number of aliphatic hydroxyl groups is 1. The first-order valence-electron chi connectivity index (χ1n) is 11.9. The van der Waals surface area contributed by atoms with Gasteiger partial charge in [-0.3, -0.25) is 4.79 Å². The number of esters is 1. The molecule has 0 bridgehead atoms. The highest BCUT2D eigenvalue weighted by molar-refractivity contribution is 5.69. The van der Waals surface area contributed by atoms with E-state index in [0.29, 0.717) is 43.1 Å². The minimum atomic E-state index is -4.54. The number of fused-ring (bicyclic) bond motifs is 5. The molecule has 4 aliphatic rings. The predicted molar refractivity (Wildman–Crippen MR) is 107 cm³/mol. The van der Waals surface area contributed by atoms with Crippen molar-refractivity contribution in [2.75, 3.05) is 6.61 Å². The third-order valence-corrected chi connectivity index (χ3v) is 10.2. The molecule has 0 aliphatic heterocycles. The van der Waals surface area contributed by atoms with Gasteiger partial charge >= 0.3 is 12.1 Å². The molecule has 4 fully saturated rings. The van der Waals surface area contributed by atoms with Crippen LogP contribution >= 0.6 is 0 Å². The number of alkyl halides is 3. The molecule has 172 valence electrons. The molecule has 0 amide bonds. The SMILES string of the molecule is CCOC(=O)C[C@H]1CC[C@H]2[C@@H]3CC[C@@H]4C[C@@](O)(C(F)(F)F)CC[C@]4(C)[C@H]3CC[C@]12C. The van der Waals surface area contributed by atoms with Gasteiger partial charge in [-0.15, -0.1) is 0 Å². The minimum absolute atomic E-state index is 0.0554. The molecule has 0 aromatic rings. The molecule has 1 N–H and O–H groups in total. The lowest BCUT2D eigenvalue weighted by molar-refractivity contribution is -0.290. The Morgan fingerprint density at radius 2 is 1.70 bits per heavy atom. The summed E-state index contributed by atoms with van der Waals surface area (Å²) < 4.78 is 45.7. The van der Waals surface area contributed by atoms with Crippen molar-refractivity contribution in [2.24, 2.45) is 40.4 Å². The summed E-state index contributed by atoms with van der Waals surface area (Å²) in [6, 6.07) is 0. The van der Waals surface area contributed by atoms with Crippen molar-refractivity contribution >= 4 is 5.97 Å². The van der Waals surface area contributed by atoms with Gasteiger partial charge in [0, 0.05) is 6.42 Å². The Labute approximate surface area is 178 Å². The quantitative estimate of drug-likeness (QED) is 0.568. The van der Waals surface area contributed by atoms with Crippen LogP contribution in [0.4, 0.5) is 13.2 Å². The molecule has 0 aromatic heterocycles. The van der Waals surface area contributed by atoms with Crippen LogP contribution in [0.2, 0.25) is 0 Å². The number of carbonyl (C=O) groups excluding carboxylic acids is 1. The number of halogens is 3. The summed E-state index contributed by atoms with van der Waals surface area (Å²) in [5.41, 5.74) is -2.48. The molecular weight excluding hydrogens is 393 g/mol. The smallest absolute Gasteiger partial charge is 0.417 e. The summed E-state index contributed by atoms with van der Waals surface area (Å²) in [6.07, 6.45) is 2.12. The van der Waals surface area contributed by atoms with Crippen molar-refractivity contribution in [3.63, 3.8) is 0 Å². The number of rotatable bonds is 3. The van der Waals surface area contributed by atoms with E-state index in [2.05, 4.69) is 13.8 Å². The zero-order chi connectivity index (χ0) is 21.9. The van der Waals surface area contributed by atoms with Crippen molar-refractivity contribution in [1.82, 2.24) is 0 Å². The summed E-state index contributed by atoms with van der Waals surface area (Å²) in [5, 5.41) is 10.3. The maximum Gasteiger partial charge on any atom is 0.417 e. The largest absolute Gasteiger partial charge is 0.466 e. The second-order valence-electron chi connectivity index (χ2n) is 11.2. The highest BCUT2D eigenvalue weighted by Gasteiger charge is 2.65. The van der Waals surface area contributed by atoms with Crippen LogP contribution in [0.15, 0.2) is 0 Å². The van der Waals surface area contributed by atoms with Gasteiger partial charge in [0.2, 0.25) is 0 Å². The minimum Gasteiger partial charge on any atom is -0.466 e. The van der Waals surface area contributed by atoms with Crippen LogP contribution in [-0.4, -0.2) is 29.5 Å². The predicted octanol–water partition coefficient (Wildman–Crippen LogP) is 5.89. The first-order chi connectivity index (χ1) is 13.9. The normalized spacial score (nSPS) is 48.4. The first kappa shape index (κ1) is 22.4. The van der Waals surface area contributed by atoms with E-state index in [1.807, 2.05) is 6.92 Å². The van der Waals surface area contributed by atoms with Crippen LogP contribution in [0.1, 0.15) is 85.0 Å². The Balaban J connectivity index is 1.51. The van der Waals surface area contributed by atoms with Gasteiger partial charge < -0.3 is 9.84 Å². The fraction of sp³-hybridized carbons (Fsp3) is 0.958. The summed E-state index contributed by atoms with van der Waals surface area (Å²) in [7, 11) is 0. The average Bonchev–Trinajstić information content (AvgIpc) is 2.98. The van der Waals surface area contributed by atoms with Gasteiger partial charge in [0.1, 0.15) is 0 Å². The fourth-order valence-electron chi connectivity index (χ4n) is 8.37. The zero-order valence-electron chi connectivity index (χ0n) is 18.6. The molecule has 0 saturated heterocycles. The van der Waals surface area contributed by atoms with Gasteiger partial charge in [0.15, 0.2) is 5.60 Å². The molecule has 0 radical (unpaired) electrons. The van der Waals surface area contributed by atoms with E-state index in [4.69, 9.17) is 4.74 Å². The van der Waals surface area contributed by atoms with E-state index in [9.17, 15) is 23.1 Å². The summed E-state index contributed by atoms with van der Waals surface area (Å²) in [4.78, 5) is 12.1. The van der Waals surface area contributed by atoms with E-state index in [1.54, 1.807) is 0 Å². The molecule has 6 heteroatoms. The topological polar surface area (TPSA) is 46.5 Å². The van der Waals surface area contributed by atoms with E-state index in [-0.39, 0.29) is 35.6 Å². The molecule has 4 aliphatic carbocycles. The van der Waals surface area contributed by atoms with Gasteiger partial charge in [-0.25, -0.2) is 0 Å². The first-order valence-corrected chi connectivity index (χ1v) is 11.9. The van der Waals surface area contributed by atoms with Crippen molar-refractivity contribution in [3.8, 4) is 0 Å². The molecule has 30 heavy (non-hydrogen) atoms. The third-order valence-electron chi connectivity index (χ3n) is 10.2. The van der Waals surface area contributed by atoms with E-state index in [1.165, 1.54) is 0 Å². The summed E-state index contributed by atoms with van der Waals surface area (Å²) in [5.74, 6) is 1.73. The Bertz CT molecular complexity index is 679. The Morgan fingerprint density at radius 1 is 1.00 bits per heavy atom. The fourth-order valence-corrected chi connectivity index (χ4v) is 8.37. The van der Waals surface area contributed by atoms with Crippen molar-refractivity contribution in [3.05, 3.63) is 0 Å². The van der Waals surface area contributed by atoms with E-state index < -0.39 is 11.8 Å². The van der Waals surface area contributed by atoms with Gasteiger partial charge in [-0.05, 0) is 105 Å². The summed E-state index contributed by atoms with van der Waals surface area (Å²) >= 11 is 0. The third kappa shape index (κ3) is 3.31. The molecule has 4 saturated carbocycles. The van der Waals surface area contributed by atoms with Crippen LogP contribution in [0, 0.1) is 40.4 Å². The number of ether oxygens (including phenoxy) is 1. The zero-order valence-corrected chi connectivity index (χ0v) is 18.6. The maximum atomic E-state index is 13.5. The molecular formula is C24H37F3O3. The lowest BCUT2D eigenvalue weighted by Crippen LogP contribution is -2.59. The Hall–Kier alpha value is -0.780. The number of carbonyl (C=O) groups is 1. The van der Waals surface area contributed by atoms with Gasteiger partial charge in [-0.2, -0.15) is 13.2 Å². The van der Waals surface area contributed by atoms with E-state index in [0.717, 1.165) is 38.5 Å². The average molecular weight is 431 g/mol. The van der Waals surface area contributed by atoms with Gasteiger partial charge in [-0.1, -0.05) is 13.8 Å². The van der Waals surface area contributed by atoms with Crippen molar-refractivity contribution in [2.45, 2.75) is 96.8 Å². The van der Waals surface area contributed by atoms with Crippen LogP contribution < -0.4 is 0 Å². The highest BCUT2D eigenvalue weighted by Crippen LogP contribution is 2.69. The van der Waals surface area contributed by atoms with E-state index >= 15 is 0 Å². The van der Waals surface area contributed by atoms with Crippen molar-refractivity contribution in [1.29, 1.82) is 0 Å².